The number of para-hydroxylation sites is 1. The number of rotatable bonds is 15. The summed E-state index contributed by atoms with van der Waals surface area (Å²) < 4.78 is 29.9. The Bertz CT molecular complexity index is 614. The van der Waals surface area contributed by atoms with Gasteiger partial charge in [-0.15, -0.1) is 0 Å². The molecule has 2 rings (SSSR count). The first-order valence-corrected chi connectivity index (χ1v) is 12.2. The second-order valence-corrected chi connectivity index (χ2v) is 8.13. The number of ether oxygens (including phenoxy) is 5. The zero-order valence-electron chi connectivity index (χ0n) is 19.9. The van der Waals surface area contributed by atoms with Crippen LogP contribution in [0.5, 0.6) is 5.75 Å². The predicted molar refractivity (Wildman–Crippen MR) is 124 cm³/mol. The summed E-state index contributed by atoms with van der Waals surface area (Å²) in [5.41, 5.74) is 0. The van der Waals surface area contributed by atoms with Crippen LogP contribution < -0.4 is 10.1 Å². The minimum Gasteiger partial charge on any atom is -0.410 e. The number of unbranched alkanes of at least 4 members (excludes halogenated alkanes) is 3. The van der Waals surface area contributed by atoms with Gasteiger partial charge in [-0.25, -0.2) is 4.79 Å². The molecule has 0 saturated carbocycles. The number of nitrogens with one attached hydrogen (secondary N) is 1. The van der Waals surface area contributed by atoms with Crippen molar-refractivity contribution in [2.75, 3.05) is 33.0 Å². The summed E-state index contributed by atoms with van der Waals surface area (Å²) in [6, 6.07) is 8.63. The Balaban J connectivity index is 2.06. The van der Waals surface area contributed by atoms with E-state index in [4.69, 9.17) is 23.7 Å². The van der Waals surface area contributed by atoms with E-state index < -0.39 is 6.09 Å². The molecule has 4 atom stereocenters. The van der Waals surface area contributed by atoms with E-state index in [1.54, 1.807) is 12.1 Å². The van der Waals surface area contributed by atoms with Gasteiger partial charge in [-0.05, 0) is 31.4 Å². The van der Waals surface area contributed by atoms with Gasteiger partial charge in [0, 0.05) is 19.8 Å². The molecule has 0 aliphatic carbocycles. The van der Waals surface area contributed by atoms with E-state index in [9.17, 15) is 4.79 Å². The van der Waals surface area contributed by atoms with Crippen LogP contribution >= 0.6 is 0 Å². The molecular formula is C25H41NO6. The zero-order valence-corrected chi connectivity index (χ0v) is 19.9. The van der Waals surface area contributed by atoms with Gasteiger partial charge in [0.25, 0.3) is 0 Å². The first-order chi connectivity index (χ1) is 15.7. The molecule has 1 aromatic rings. The van der Waals surface area contributed by atoms with Gasteiger partial charge in [0.05, 0.1) is 19.3 Å². The van der Waals surface area contributed by atoms with Gasteiger partial charge in [0.2, 0.25) is 0 Å². The van der Waals surface area contributed by atoms with Crippen molar-refractivity contribution in [3.8, 4) is 5.75 Å². The predicted octanol–water partition coefficient (Wildman–Crippen LogP) is 4.73. The van der Waals surface area contributed by atoms with E-state index in [0.717, 1.165) is 38.5 Å². The molecule has 0 unspecified atom stereocenters. The van der Waals surface area contributed by atoms with Gasteiger partial charge in [-0.1, -0.05) is 58.2 Å². The molecule has 0 radical (unpaired) electrons. The number of hydrogen-bond acceptors (Lipinski definition) is 6. The van der Waals surface area contributed by atoms with Crippen LogP contribution in [-0.2, 0) is 18.9 Å². The Morgan fingerprint density at radius 3 is 2.22 bits per heavy atom. The normalized spacial score (nSPS) is 23.1. The summed E-state index contributed by atoms with van der Waals surface area (Å²) in [5, 5.41) is 2.93. The van der Waals surface area contributed by atoms with Crippen LogP contribution in [0.3, 0.4) is 0 Å². The lowest BCUT2D eigenvalue weighted by Gasteiger charge is -2.42. The Morgan fingerprint density at radius 1 is 0.938 bits per heavy atom. The van der Waals surface area contributed by atoms with Gasteiger partial charge in [-0.3, -0.25) is 0 Å². The van der Waals surface area contributed by atoms with Crippen LogP contribution in [0, 0.1) is 0 Å². The molecule has 1 aromatic carbocycles. The highest BCUT2D eigenvalue weighted by Gasteiger charge is 2.43. The van der Waals surface area contributed by atoms with Crippen LogP contribution in [0.4, 0.5) is 4.79 Å². The van der Waals surface area contributed by atoms with Crippen LogP contribution in [0.2, 0.25) is 0 Å². The van der Waals surface area contributed by atoms with Crippen LogP contribution in [-0.4, -0.2) is 63.5 Å². The minimum atomic E-state index is -0.529. The van der Waals surface area contributed by atoms with Crippen molar-refractivity contribution >= 4 is 6.09 Å². The van der Waals surface area contributed by atoms with E-state index in [2.05, 4.69) is 26.1 Å². The number of benzene rings is 1. The largest absolute Gasteiger partial charge is 0.412 e. The molecule has 1 fully saturated rings. The number of hydrogen-bond donors (Lipinski definition) is 1. The molecular weight excluding hydrogens is 410 g/mol. The van der Waals surface area contributed by atoms with E-state index in [0.29, 0.717) is 38.8 Å². The van der Waals surface area contributed by atoms with Crippen LogP contribution in [0.1, 0.15) is 59.3 Å². The maximum absolute atomic E-state index is 12.5. The van der Waals surface area contributed by atoms with E-state index >= 15 is 0 Å². The third kappa shape index (κ3) is 9.45. The standard InChI is InChI=1S/C25H41NO6/c1-4-7-15-28-19-22-24(30-17-9-6-3)23(29-16-8-5-2)21(18-31-22)26-25(27)32-20-13-11-10-12-14-20/h10-14,21-24H,4-9,15-19H2,1-3H3,(H,26,27)/t21-,22-,23-,24+/m1/s1. The molecule has 0 bridgehead atoms. The fourth-order valence-corrected chi connectivity index (χ4v) is 3.49. The van der Waals surface area contributed by atoms with Crippen molar-refractivity contribution in [2.24, 2.45) is 0 Å². The Labute approximate surface area is 193 Å². The maximum Gasteiger partial charge on any atom is 0.412 e. The van der Waals surface area contributed by atoms with Crippen LogP contribution in [0.15, 0.2) is 30.3 Å². The highest BCUT2D eigenvalue weighted by molar-refractivity contribution is 5.70. The first kappa shape index (κ1) is 26.6. The van der Waals surface area contributed by atoms with E-state index in [1.165, 1.54) is 0 Å². The molecule has 1 aliphatic heterocycles. The lowest BCUT2D eigenvalue weighted by molar-refractivity contribution is -0.200. The summed E-state index contributed by atoms with van der Waals surface area (Å²) in [4.78, 5) is 12.5. The molecule has 0 spiro atoms. The Kier molecular flexibility index (Phi) is 13.3. The summed E-state index contributed by atoms with van der Waals surface area (Å²) in [7, 11) is 0. The quantitative estimate of drug-likeness (QED) is 0.389. The Morgan fingerprint density at radius 2 is 1.56 bits per heavy atom. The molecule has 0 aromatic heterocycles. The van der Waals surface area contributed by atoms with Crippen molar-refractivity contribution in [3.05, 3.63) is 30.3 Å². The first-order valence-electron chi connectivity index (χ1n) is 12.2. The van der Waals surface area contributed by atoms with Gasteiger partial charge >= 0.3 is 6.09 Å². The van der Waals surface area contributed by atoms with Crippen molar-refractivity contribution in [1.82, 2.24) is 5.32 Å². The summed E-state index contributed by atoms with van der Waals surface area (Å²) in [6.07, 6.45) is 4.64. The van der Waals surface area contributed by atoms with E-state index in [-0.39, 0.29) is 24.4 Å². The maximum atomic E-state index is 12.5. The molecule has 1 saturated heterocycles. The fraction of sp³-hybridized carbons (Fsp3) is 0.720. The third-order valence-corrected chi connectivity index (χ3v) is 5.37. The molecule has 182 valence electrons. The van der Waals surface area contributed by atoms with Crippen LogP contribution in [0.25, 0.3) is 0 Å². The Hall–Kier alpha value is -1.67. The monoisotopic (exact) mass is 451 g/mol. The molecule has 7 heteroatoms. The molecule has 1 heterocycles. The molecule has 32 heavy (non-hydrogen) atoms. The summed E-state index contributed by atoms with van der Waals surface area (Å²) >= 11 is 0. The number of carbonyl (C=O) groups excluding carboxylic acids is 1. The fourth-order valence-electron chi connectivity index (χ4n) is 3.49. The van der Waals surface area contributed by atoms with Gasteiger partial charge in [0.15, 0.2) is 0 Å². The van der Waals surface area contributed by atoms with Gasteiger partial charge < -0.3 is 29.0 Å². The second-order valence-electron chi connectivity index (χ2n) is 8.13. The molecule has 1 N–H and O–H groups in total. The van der Waals surface area contributed by atoms with Gasteiger partial charge in [-0.2, -0.15) is 0 Å². The van der Waals surface area contributed by atoms with Crippen molar-refractivity contribution in [3.63, 3.8) is 0 Å². The number of carbonyl (C=O) groups is 1. The third-order valence-electron chi connectivity index (χ3n) is 5.37. The lowest BCUT2D eigenvalue weighted by atomic mass is 9.97. The SMILES string of the molecule is CCCCOC[C@H]1OC[C@@H](NC(=O)Oc2ccccc2)[C@@H](OCCCC)[C@H]1OCCCC. The van der Waals surface area contributed by atoms with Crippen molar-refractivity contribution in [2.45, 2.75) is 83.6 Å². The van der Waals surface area contributed by atoms with Gasteiger partial charge in [0.1, 0.15) is 24.1 Å². The average molecular weight is 452 g/mol. The highest BCUT2D eigenvalue weighted by Crippen LogP contribution is 2.23. The van der Waals surface area contributed by atoms with E-state index in [1.807, 2.05) is 18.2 Å². The lowest BCUT2D eigenvalue weighted by Crippen LogP contribution is -2.62. The topological polar surface area (TPSA) is 75.3 Å². The number of amides is 1. The molecule has 1 aliphatic rings. The minimum absolute atomic E-state index is 0.237. The average Bonchev–Trinajstić information content (AvgIpc) is 2.80. The summed E-state index contributed by atoms with van der Waals surface area (Å²) in [5.74, 6) is 0.489. The molecule has 7 nitrogen and oxygen atoms in total. The summed E-state index contributed by atoms with van der Waals surface area (Å²) in [6.45, 7) is 9.08. The smallest absolute Gasteiger partial charge is 0.410 e. The second kappa shape index (κ2) is 16.0. The highest BCUT2D eigenvalue weighted by atomic mass is 16.6. The molecule has 1 amide bonds. The van der Waals surface area contributed by atoms with Crippen molar-refractivity contribution in [1.29, 1.82) is 0 Å². The van der Waals surface area contributed by atoms with Crippen molar-refractivity contribution < 1.29 is 28.5 Å². The zero-order chi connectivity index (χ0) is 23.0.